The lowest BCUT2D eigenvalue weighted by molar-refractivity contribution is 0.0934. The van der Waals surface area contributed by atoms with E-state index in [1.807, 2.05) is 42.5 Å². The van der Waals surface area contributed by atoms with Gasteiger partial charge in [-0.25, -0.2) is 0 Å². The van der Waals surface area contributed by atoms with Crippen LogP contribution in [0.25, 0.3) is 0 Å². The van der Waals surface area contributed by atoms with Crippen LogP contribution in [0.2, 0.25) is 0 Å². The van der Waals surface area contributed by atoms with E-state index in [9.17, 15) is 4.79 Å². The number of aromatic nitrogens is 2. The lowest BCUT2D eigenvalue weighted by Gasteiger charge is -2.16. The summed E-state index contributed by atoms with van der Waals surface area (Å²) in [7, 11) is 0. The highest BCUT2D eigenvalue weighted by Crippen LogP contribution is 2.22. The Kier molecular flexibility index (Phi) is 4.57. The van der Waals surface area contributed by atoms with Crippen LogP contribution in [-0.4, -0.2) is 16.1 Å². The van der Waals surface area contributed by atoms with Crippen molar-refractivity contribution in [3.63, 3.8) is 0 Å². The van der Waals surface area contributed by atoms with E-state index in [0.29, 0.717) is 11.5 Å². The summed E-state index contributed by atoms with van der Waals surface area (Å²) >= 11 is 0. The molecule has 0 aliphatic rings. The Bertz CT molecular complexity index is 748. The molecule has 0 saturated heterocycles. The number of furan rings is 1. The second-order valence-corrected chi connectivity index (χ2v) is 5.36. The maximum Gasteiger partial charge on any atom is 0.272 e. The predicted molar refractivity (Wildman–Crippen MR) is 87.0 cm³/mol. The smallest absolute Gasteiger partial charge is 0.272 e. The predicted octanol–water partition coefficient (Wildman–Crippen LogP) is 3.47. The molecule has 0 aliphatic heterocycles. The zero-order valence-electron chi connectivity index (χ0n) is 13.0. The number of nitrogens with zero attached hydrogens (tertiary/aromatic N) is 1. The van der Waals surface area contributed by atoms with Crippen molar-refractivity contribution >= 4 is 5.91 Å². The first-order valence-electron chi connectivity index (χ1n) is 7.71. The average Bonchev–Trinajstić information content (AvgIpc) is 3.25. The number of H-pyrrole nitrogens is 1. The Morgan fingerprint density at radius 2 is 2.09 bits per heavy atom. The highest BCUT2D eigenvalue weighted by atomic mass is 16.3. The van der Waals surface area contributed by atoms with Crippen molar-refractivity contribution in [3.8, 4) is 0 Å². The molecule has 0 spiro atoms. The topological polar surface area (TPSA) is 70.9 Å². The van der Waals surface area contributed by atoms with Gasteiger partial charge in [0.2, 0.25) is 0 Å². The van der Waals surface area contributed by atoms with E-state index in [0.717, 1.165) is 24.1 Å². The van der Waals surface area contributed by atoms with Gasteiger partial charge in [-0.2, -0.15) is 5.10 Å². The summed E-state index contributed by atoms with van der Waals surface area (Å²) in [6, 6.07) is 14.8. The third-order valence-electron chi connectivity index (χ3n) is 3.62. The van der Waals surface area contributed by atoms with Gasteiger partial charge in [0, 0.05) is 5.69 Å². The van der Waals surface area contributed by atoms with Crippen LogP contribution >= 0.6 is 0 Å². The molecule has 0 aliphatic carbocycles. The molecule has 23 heavy (non-hydrogen) atoms. The second kappa shape index (κ2) is 6.96. The minimum atomic E-state index is -0.343. The van der Waals surface area contributed by atoms with E-state index in [4.69, 9.17) is 4.42 Å². The number of rotatable bonds is 6. The summed E-state index contributed by atoms with van der Waals surface area (Å²) in [6.45, 7) is 2.09. The lowest BCUT2D eigenvalue weighted by Crippen LogP contribution is -2.29. The van der Waals surface area contributed by atoms with Crippen molar-refractivity contribution in [1.29, 1.82) is 0 Å². The van der Waals surface area contributed by atoms with Crippen molar-refractivity contribution in [3.05, 3.63) is 77.5 Å². The van der Waals surface area contributed by atoms with Gasteiger partial charge >= 0.3 is 0 Å². The molecule has 5 heteroatoms. The molecule has 0 saturated carbocycles. The zero-order chi connectivity index (χ0) is 16.1. The van der Waals surface area contributed by atoms with Gasteiger partial charge in [-0.1, -0.05) is 43.7 Å². The van der Waals surface area contributed by atoms with E-state index in [1.54, 1.807) is 12.3 Å². The van der Waals surface area contributed by atoms with Crippen molar-refractivity contribution in [2.24, 2.45) is 0 Å². The van der Waals surface area contributed by atoms with Crippen molar-refractivity contribution in [2.75, 3.05) is 0 Å². The van der Waals surface area contributed by atoms with Gasteiger partial charge in [0.05, 0.1) is 6.26 Å². The summed E-state index contributed by atoms with van der Waals surface area (Å²) in [5.74, 6) is 0.461. The molecule has 3 aromatic rings. The van der Waals surface area contributed by atoms with Gasteiger partial charge in [-0.3, -0.25) is 9.89 Å². The van der Waals surface area contributed by atoms with E-state index >= 15 is 0 Å². The van der Waals surface area contributed by atoms with Gasteiger partial charge in [0.1, 0.15) is 17.5 Å². The first-order chi connectivity index (χ1) is 11.3. The SMILES string of the molecule is CCCc1cc(C(=O)NC(c2ccccc2)c2ccco2)n[nH]1. The van der Waals surface area contributed by atoms with Crippen LogP contribution in [0.4, 0.5) is 0 Å². The third kappa shape index (κ3) is 3.51. The number of aryl methyl sites for hydroxylation is 1. The molecule has 0 fully saturated rings. The lowest BCUT2D eigenvalue weighted by atomic mass is 10.0. The van der Waals surface area contributed by atoms with E-state index in [-0.39, 0.29) is 11.9 Å². The average molecular weight is 309 g/mol. The highest BCUT2D eigenvalue weighted by molar-refractivity contribution is 5.92. The largest absolute Gasteiger partial charge is 0.467 e. The molecule has 2 heterocycles. The summed E-state index contributed by atoms with van der Waals surface area (Å²) in [4.78, 5) is 12.5. The molecule has 1 amide bonds. The first kappa shape index (κ1) is 15.1. The molecule has 5 nitrogen and oxygen atoms in total. The molecule has 1 atom stereocenters. The third-order valence-corrected chi connectivity index (χ3v) is 3.62. The van der Waals surface area contributed by atoms with Crippen LogP contribution in [0.15, 0.2) is 59.2 Å². The van der Waals surface area contributed by atoms with E-state index in [2.05, 4.69) is 22.4 Å². The van der Waals surface area contributed by atoms with Crippen molar-refractivity contribution in [2.45, 2.75) is 25.8 Å². The number of carbonyl (C=O) groups is 1. The van der Waals surface area contributed by atoms with Gasteiger partial charge < -0.3 is 9.73 Å². The Morgan fingerprint density at radius 1 is 1.26 bits per heavy atom. The monoisotopic (exact) mass is 309 g/mol. The minimum absolute atomic E-state index is 0.228. The Balaban J connectivity index is 1.82. The maximum atomic E-state index is 12.5. The Labute approximate surface area is 134 Å². The maximum absolute atomic E-state index is 12.5. The fraction of sp³-hybridized carbons (Fsp3) is 0.222. The van der Waals surface area contributed by atoms with E-state index < -0.39 is 0 Å². The first-order valence-corrected chi connectivity index (χ1v) is 7.71. The molecule has 3 rings (SSSR count). The number of benzene rings is 1. The van der Waals surface area contributed by atoms with Crippen LogP contribution in [0.5, 0.6) is 0 Å². The molecule has 0 bridgehead atoms. The van der Waals surface area contributed by atoms with Gasteiger partial charge in [-0.15, -0.1) is 0 Å². The Hall–Kier alpha value is -2.82. The van der Waals surface area contributed by atoms with E-state index in [1.165, 1.54) is 0 Å². The fourth-order valence-corrected chi connectivity index (χ4v) is 2.50. The number of aromatic amines is 1. The summed E-state index contributed by atoms with van der Waals surface area (Å²) in [6.07, 6.45) is 3.48. The van der Waals surface area contributed by atoms with Gasteiger partial charge in [-0.05, 0) is 30.2 Å². The quantitative estimate of drug-likeness (QED) is 0.732. The summed E-state index contributed by atoms with van der Waals surface area (Å²) in [5, 5.41) is 9.99. The molecule has 2 aromatic heterocycles. The number of hydrogen-bond donors (Lipinski definition) is 2. The van der Waals surface area contributed by atoms with Crippen molar-refractivity contribution < 1.29 is 9.21 Å². The van der Waals surface area contributed by atoms with Crippen LogP contribution in [0.1, 0.15) is 46.9 Å². The van der Waals surface area contributed by atoms with Gasteiger partial charge in [0.25, 0.3) is 5.91 Å². The minimum Gasteiger partial charge on any atom is -0.467 e. The molecular formula is C18H19N3O2. The molecule has 1 unspecified atom stereocenters. The molecule has 0 radical (unpaired) electrons. The highest BCUT2D eigenvalue weighted by Gasteiger charge is 2.21. The standard InChI is InChI=1S/C18H19N3O2/c1-2-7-14-12-15(21-20-14)18(22)19-17(16-10-6-11-23-16)13-8-4-3-5-9-13/h3-6,8-12,17H,2,7H2,1H3,(H,19,22)(H,20,21). The van der Waals surface area contributed by atoms with Crippen LogP contribution in [0, 0.1) is 0 Å². The van der Waals surface area contributed by atoms with Crippen LogP contribution in [0.3, 0.4) is 0 Å². The molecular weight excluding hydrogens is 290 g/mol. The summed E-state index contributed by atoms with van der Waals surface area (Å²) in [5.41, 5.74) is 2.31. The Morgan fingerprint density at radius 3 is 2.78 bits per heavy atom. The normalized spacial score (nSPS) is 12.0. The number of nitrogens with one attached hydrogen (secondary N) is 2. The molecule has 118 valence electrons. The molecule has 1 aromatic carbocycles. The zero-order valence-corrected chi connectivity index (χ0v) is 13.0. The number of amides is 1. The van der Waals surface area contributed by atoms with Gasteiger partial charge in [0.15, 0.2) is 0 Å². The number of hydrogen-bond acceptors (Lipinski definition) is 3. The van der Waals surface area contributed by atoms with Crippen LogP contribution in [-0.2, 0) is 6.42 Å². The fourth-order valence-electron chi connectivity index (χ4n) is 2.50. The summed E-state index contributed by atoms with van der Waals surface area (Å²) < 4.78 is 5.49. The molecule has 2 N–H and O–H groups in total. The van der Waals surface area contributed by atoms with Crippen LogP contribution < -0.4 is 5.32 Å². The van der Waals surface area contributed by atoms with Crippen molar-refractivity contribution in [1.82, 2.24) is 15.5 Å². The number of carbonyl (C=O) groups excluding carboxylic acids is 1. The second-order valence-electron chi connectivity index (χ2n) is 5.36.